The summed E-state index contributed by atoms with van der Waals surface area (Å²) >= 11 is 0. The van der Waals surface area contributed by atoms with E-state index in [1.165, 1.54) is 25.7 Å². The zero-order chi connectivity index (χ0) is 11.7. The van der Waals surface area contributed by atoms with E-state index in [2.05, 4.69) is 15.4 Å². The molecule has 1 aliphatic carbocycles. The lowest BCUT2D eigenvalue weighted by Crippen LogP contribution is -2.27. The lowest BCUT2D eigenvalue weighted by molar-refractivity contribution is 0.388. The number of aromatic nitrogens is 3. The average molecular weight is 236 g/mol. The Balaban J connectivity index is 1.81. The van der Waals surface area contributed by atoms with Crippen molar-refractivity contribution < 1.29 is 0 Å². The second-order valence-corrected chi connectivity index (χ2v) is 5.20. The van der Waals surface area contributed by atoms with Crippen LogP contribution in [-0.2, 0) is 0 Å². The van der Waals surface area contributed by atoms with Crippen molar-refractivity contribution in [1.82, 2.24) is 20.1 Å². The molecule has 17 heavy (non-hydrogen) atoms. The zero-order valence-electron chi connectivity index (χ0n) is 10.1. The standard InChI is InChI=1S/C12H20N4O/c17-12-14-11(10-7-3-4-8-13-10)15-16(12)9-5-1-2-6-9/h9-10,13H,1-8H2,(H,14,15,17). The molecule has 2 aliphatic rings. The lowest BCUT2D eigenvalue weighted by Gasteiger charge is -2.20. The normalized spacial score (nSPS) is 26.5. The van der Waals surface area contributed by atoms with Crippen LogP contribution < -0.4 is 11.0 Å². The van der Waals surface area contributed by atoms with E-state index in [9.17, 15) is 4.79 Å². The summed E-state index contributed by atoms with van der Waals surface area (Å²) in [5.74, 6) is 0.835. The Labute approximate surface area is 101 Å². The summed E-state index contributed by atoms with van der Waals surface area (Å²) in [6.45, 7) is 1.03. The van der Waals surface area contributed by atoms with Crippen molar-refractivity contribution in [3.05, 3.63) is 16.3 Å². The third-order valence-electron chi connectivity index (χ3n) is 3.97. The van der Waals surface area contributed by atoms with Crippen LogP contribution in [0, 0.1) is 0 Å². The van der Waals surface area contributed by atoms with Gasteiger partial charge in [-0.2, -0.15) is 5.10 Å². The highest BCUT2D eigenvalue weighted by molar-refractivity contribution is 4.95. The third kappa shape index (κ3) is 2.16. The zero-order valence-corrected chi connectivity index (χ0v) is 10.1. The molecule has 1 aromatic heterocycles. The SMILES string of the molecule is O=c1[nH]c(C2CCCCN2)nn1C1CCCC1. The molecule has 0 bridgehead atoms. The quantitative estimate of drug-likeness (QED) is 0.818. The van der Waals surface area contributed by atoms with Crippen LogP contribution in [0.2, 0.25) is 0 Å². The molecule has 94 valence electrons. The number of H-pyrrole nitrogens is 1. The predicted molar refractivity (Wildman–Crippen MR) is 64.9 cm³/mol. The summed E-state index contributed by atoms with van der Waals surface area (Å²) in [5, 5.41) is 7.92. The Kier molecular flexibility index (Phi) is 3.01. The van der Waals surface area contributed by atoms with E-state index < -0.39 is 0 Å². The number of rotatable bonds is 2. The predicted octanol–water partition coefficient (Wildman–Crippen LogP) is 1.50. The molecule has 2 fully saturated rings. The second kappa shape index (κ2) is 4.64. The molecule has 0 aromatic carbocycles. The third-order valence-corrected chi connectivity index (χ3v) is 3.97. The molecule has 1 saturated carbocycles. The molecule has 1 saturated heterocycles. The maximum atomic E-state index is 11.9. The second-order valence-electron chi connectivity index (χ2n) is 5.20. The van der Waals surface area contributed by atoms with Gasteiger partial charge < -0.3 is 5.32 Å². The first kappa shape index (κ1) is 11.0. The average Bonchev–Trinajstić information content (AvgIpc) is 2.99. The molecule has 5 heteroatoms. The fourth-order valence-corrected chi connectivity index (χ4v) is 2.99. The highest BCUT2D eigenvalue weighted by Crippen LogP contribution is 2.28. The molecule has 3 rings (SSSR count). The molecule has 1 aliphatic heterocycles. The Morgan fingerprint density at radius 2 is 1.88 bits per heavy atom. The van der Waals surface area contributed by atoms with Crippen LogP contribution in [0.1, 0.15) is 62.9 Å². The van der Waals surface area contributed by atoms with Crippen LogP contribution in [-0.4, -0.2) is 21.3 Å². The number of hydrogen-bond donors (Lipinski definition) is 2. The minimum Gasteiger partial charge on any atom is -0.307 e. The maximum absolute atomic E-state index is 11.9. The van der Waals surface area contributed by atoms with Gasteiger partial charge in [-0.25, -0.2) is 9.48 Å². The monoisotopic (exact) mass is 236 g/mol. The van der Waals surface area contributed by atoms with Gasteiger partial charge in [-0.15, -0.1) is 0 Å². The van der Waals surface area contributed by atoms with Gasteiger partial charge in [0.2, 0.25) is 0 Å². The fraction of sp³-hybridized carbons (Fsp3) is 0.833. The van der Waals surface area contributed by atoms with Crippen molar-refractivity contribution >= 4 is 0 Å². The van der Waals surface area contributed by atoms with Crippen LogP contribution in [0.25, 0.3) is 0 Å². The molecule has 2 heterocycles. The van der Waals surface area contributed by atoms with E-state index in [1.807, 2.05) is 0 Å². The van der Waals surface area contributed by atoms with E-state index in [1.54, 1.807) is 4.68 Å². The van der Waals surface area contributed by atoms with E-state index in [0.717, 1.165) is 31.6 Å². The highest BCUT2D eigenvalue weighted by Gasteiger charge is 2.24. The van der Waals surface area contributed by atoms with Gasteiger partial charge >= 0.3 is 5.69 Å². The van der Waals surface area contributed by atoms with E-state index in [0.29, 0.717) is 6.04 Å². The molecule has 1 unspecified atom stereocenters. The van der Waals surface area contributed by atoms with Crippen molar-refractivity contribution in [2.24, 2.45) is 0 Å². The van der Waals surface area contributed by atoms with Crippen molar-refractivity contribution in [2.75, 3.05) is 6.54 Å². The van der Waals surface area contributed by atoms with Crippen molar-refractivity contribution in [1.29, 1.82) is 0 Å². The molecule has 5 nitrogen and oxygen atoms in total. The molecule has 0 radical (unpaired) electrons. The summed E-state index contributed by atoms with van der Waals surface area (Å²) in [7, 11) is 0. The Morgan fingerprint density at radius 1 is 1.12 bits per heavy atom. The fourth-order valence-electron chi connectivity index (χ4n) is 2.99. The van der Waals surface area contributed by atoms with Crippen LogP contribution >= 0.6 is 0 Å². The highest BCUT2D eigenvalue weighted by atomic mass is 16.2. The molecule has 0 spiro atoms. The number of nitrogens with one attached hydrogen (secondary N) is 2. The first-order valence-electron chi connectivity index (χ1n) is 6.77. The number of piperidine rings is 1. The topological polar surface area (TPSA) is 62.7 Å². The summed E-state index contributed by atoms with van der Waals surface area (Å²) in [4.78, 5) is 14.8. The van der Waals surface area contributed by atoms with Gasteiger partial charge in [0.15, 0.2) is 0 Å². The number of aromatic amines is 1. The van der Waals surface area contributed by atoms with Gasteiger partial charge in [0, 0.05) is 0 Å². The van der Waals surface area contributed by atoms with Gasteiger partial charge in [-0.3, -0.25) is 4.98 Å². The summed E-state index contributed by atoms with van der Waals surface area (Å²) < 4.78 is 1.68. The number of nitrogens with zero attached hydrogens (tertiary/aromatic N) is 2. The van der Waals surface area contributed by atoms with Gasteiger partial charge in [-0.05, 0) is 32.2 Å². The maximum Gasteiger partial charge on any atom is 0.343 e. The van der Waals surface area contributed by atoms with Crippen LogP contribution in [0.5, 0.6) is 0 Å². The molecular formula is C12H20N4O. The lowest BCUT2D eigenvalue weighted by atomic mass is 10.0. The van der Waals surface area contributed by atoms with Crippen LogP contribution in [0.4, 0.5) is 0 Å². The largest absolute Gasteiger partial charge is 0.343 e. The molecule has 1 atom stereocenters. The van der Waals surface area contributed by atoms with E-state index in [4.69, 9.17) is 0 Å². The van der Waals surface area contributed by atoms with Crippen LogP contribution in [0.15, 0.2) is 4.79 Å². The Hall–Kier alpha value is -1.10. The van der Waals surface area contributed by atoms with Gasteiger partial charge in [-0.1, -0.05) is 19.3 Å². The molecule has 1 aromatic rings. The van der Waals surface area contributed by atoms with Crippen molar-refractivity contribution in [2.45, 2.75) is 57.0 Å². The first-order chi connectivity index (χ1) is 8.34. The minimum absolute atomic E-state index is 0.0285. The van der Waals surface area contributed by atoms with Gasteiger partial charge in [0.1, 0.15) is 5.82 Å². The summed E-state index contributed by atoms with van der Waals surface area (Å²) in [6.07, 6.45) is 8.17. The Bertz CT molecular complexity index is 424. The summed E-state index contributed by atoms with van der Waals surface area (Å²) in [6, 6.07) is 0.579. The molecule has 2 N–H and O–H groups in total. The Morgan fingerprint density at radius 3 is 2.59 bits per heavy atom. The van der Waals surface area contributed by atoms with Crippen LogP contribution in [0.3, 0.4) is 0 Å². The van der Waals surface area contributed by atoms with Crippen molar-refractivity contribution in [3.8, 4) is 0 Å². The van der Waals surface area contributed by atoms with E-state index in [-0.39, 0.29) is 11.7 Å². The molecular weight excluding hydrogens is 216 g/mol. The van der Waals surface area contributed by atoms with Gasteiger partial charge in [0.25, 0.3) is 0 Å². The number of hydrogen-bond acceptors (Lipinski definition) is 3. The van der Waals surface area contributed by atoms with Crippen molar-refractivity contribution in [3.63, 3.8) is 0 Å². The minimum atomic E-state index is -0.0285. The summed E-state index contributed by atoms with van der Waals surface area (Å²) in [5.41, 5.74) is -0.0285. The smallest absolute Gasteiger partial charge is 0.307 e. The van der Waals surface area contributed by atoms with E-state index >= 15 is 0 Å². The molecule has 0 amide bonds. The van der Waals surface area contributed by atoms with Gasteiger partial charge in [0.05, 0.1) is 12.1 Å². The first-order valence-corrected chi connectivity index (χ1v) is 6.77.